The van der Waals surface area contributed by atoms with Crippen LogP contribution in [0.4, 0.5) is 0 Å². The lowest BCUT2D eigenvalue weighted by molar-refractivity contribution is 0.0940. The first kappa shape index (κ1) is 12.4. The Hall–Kier alpha value is -0.710. The average molecular weight is 227 g/mol. The molecule has 0 aliphatic carbocycles. The van der Waals surface area contributed by atoms with E-state index in [4.69, 9.17) is 5.11 Å². The number of aryl methyl sites for hydroxylation is 1. The van der Waals surface area contributed by atoms with Crippen LogP contribution >= 0.6 is 11.3 Å². The molecule has 0 radical (unpaired) electrons. The first-order valence-electron chi connectivity index (χ1n) is 5.08. The van der Waals surface area contributed by atoms with E-state index >= 15 is 0 Å². The van der Waals surface area contributed by atoms with Gasteiger partial charge < -0.3 is 5.11 Å². The number of nitrogens with zero attached hydrogens (tertiary/aromatic N) is 1. The monoisotopic (exact) mass is 227 g/mol. The van der Waals surface area contributed by atoms with Crippen LogP contribution < -0.4 is 0 Å². The van der Waals surface area contributed by atoms with Gasteiger partial charge in [-0.1, -0.05) is 6.92 Å². The van der Waals surface area contributed by atoms with Gasteiger partial charge in [-0.3, -0.25) is 9.69 Å². The molecule has 1 aromatic heterocycles. The Morgan fingerprint density at radius 1 is 1.53 bits per heavy atom. The molecule has 1 rings (SSSR count). The normalized spacial score (nSPS) is 10.9. The topological polar surface area (TPSA) is 40.5 Å². The quantitative estimate of drug-likeness (QED) is 0.747. The minimum atomic E-state index is 0.0917. The number of carbonyl (C=O) groups excluding carboxylic acids is 1. The maximum Gasteiger partial charge on any atom is 0.186 e. The summed E-state index contributed by atoms with van der Waals surface area (Å²) in [6.07, 6.45) is 0.977. The molecule has 0 saturated carbocycles. The standard InChI is InChI=1S/C11H17NO2S/c1-3-9-4-5-11(15-9)10(14)8-12(2)6-7-13/h4-5,13H,3,6-8H2,1-2H3. The van der Waals surface area contributed by atoms with Gasteiger partial charge in [0.1, 0.15) is 0 Å². The summed E-state index contributed by atoms with van der Waals surface area (Å²) in [7, 11) is 1.84. The van der Waals surface area contributed by atoms with Gasteiger partial charge in [-0.2, -0.15) is 0 Å². The van der Waals surface area contributed by atoms with Gasteiger partial charge in [0.15, 0.2) is 5.78 Å². The molecule has 0 amide bonds. The third kappa shape index (κ3) is 3.74. The Kier molecular flexibility index (Phi) is 4.94. The molecule has 0 aliphatic rings. The van der Waals surface area contributed by atoms with E-state index in [1.807, 2.05) is 24.1 Å². The van der Waals surface area contributed by atoms with Crippen molar-refractivity contribution in [1.82, 2.24) is 4.90 Å². The number of hydrogen-bond acceptors (Lipinski definition) is 4. The van der Waals surface area contributed by atoms with Crippen molar-refractivity contribution in [3.63, 3.8) is 0 Å². The van der Waals surface area contributed by atoms with Gasteiger partial charge in [0.05, 0.1) is 18.0 Å². The van der Waals surface area contributed by atoms with E-state index in [9.17, 15) is 4.79 Å². The van der Waals surface area contributed by atoms with Gasteiger partial charge in [0.25, 0.3) is 0 Å². The maximum absolute atomic E-state index is 11.7. The summed E-state index contributed by atoms with van der Waals surface area (Å²) >= 11 is 1.56. The molecule has 3 nitrogen and oxygen atoms in total. The van der Waals surface area contributed by atoms with Crippen LogP contribution in [0.25, 0.3) is 0 Å². The van der Waals surface area contributed by atoms with Gasteiger partial charge in [-0.05, 0) is 25.6 Å². The Morgan fingerprint density at radius 3 is 2.80 bits per heavy atom. The second-order valence-corrected chi connectivity index (χ2v) is 4.67. The largest absolute Gasteiger partial charge is 0.395 e. The third-order valence-electron chi connectivity index (χ3n) is 2.18. The molecule has 0 fully saturated rings. The molecule has 1 N–H and O–H groups in total. The number of Topliss-reactive ketones (excluding diaryl/α,β-unsaturated/α-hetero) is 1. The van der Waals surface area contributed by atoms with Crippen molar-refractivity contribution in [1.29, 1.82) is 0 Å². The van der Waals surface area contributed by atoms with Crippen LogP contribution in [0, 0.1) is 0 Å². The van der Waals surface area contributed by atoms with Crippen LogP contribution in [0.2, 0.25) is 0 Å². The molecule has 0 spiro atoms. The van der Waals surface area contributed by atoms with Crippen LogP contribution in [-0.4, -0.2) is 42.5 Å². The Balaban J connectivity index is 2.53. The first-order valence-corrected chi connectivity index (χ1v) is 5.90. The number of aliphatic hydroxyl groups excluding tert-OH is 1. The molecule has 84 valence electrons. The van der Waals surface area contributed by atoms with Crippen LogP contribution in [-0.2, 0) is 6.42 Å². The maximum atomic E-state index is 11.7. The Bertz CT molecular complexity index is 322. The van der Waals surface area contributed by atoms with Gasteiger partial charge in [-0.25, -0.2) is 0 Å². The van der Waals surface area contributed by atoms with E-state index in [2.05, 4.69) is 6.92 Å². The fraction of sp³-hybridized carbons (Fsp3) is 0.545. The van der Waals surface area contributed by atoms with Crippen molar-refractivity contribution in [3.8, 4) is 0 Å². The second-order valence-electron chi connectivity index (χ2n) is 3.50. The molecule has 1 heterocycles. The van der Waals surface area contributed by atoms with E-state index in [-0.39, 0.29) is 12.4 Å². The summed E-state index contributed by atoms with van der Waals surface area (Å²) in [5, 5.41) is 8.71. The summed E-state index contributed by atoms with van der Waals surface area (Å²) in [6.45, 7) is 3.09. The summed E-state index contributed by atoms with van der Waals surface area (Å²) in [4.78, 5) is 15.6. The summed E-state index contributed by atoms with van der Waals surface area (Å²) < 4.78 is 0. The summed E-state index contributed by atoms with van der Waals surface area (Å²) in [6, 6.07) is 3.89. The van der Waals surface area contributed by atoms with E-state index in [1.54, 1.807) is 11.3 Å². The molecule has 15 heavy (non-hydrogen) atoms. The zero-order valence-electron chi connectivity index (χ0n) is 9.19. The lowest BCUT2D eigenvalue weighted by Gasteiger charge is -2.12. The summed E-state index contributed by atoms with van der Waals surface area (Å²) in [5.74, 6) is 0.135. The van der Waals surface area contributed by atoms with Gasteiger partial charge >= 0.3 is 0 Å². The van der Waals surface area contributed by atoms with Crippen LogP contribution in [0.15, 0.2) is 12.1 Å². The molecule has 0 aliphatic heterocycles. The van der Waals surface area contributed by atoms with Crippen molar-refractivity contribution in [2.24, 2.45) is 0 Å². The van der Waals surface area contributed by atoms with Crippen molar-refractivity contribution < 1.29 is 9.90 Å². The minimum Gasteiger partial charge on any atom is -0.395 e. The highest BCUT2D eigenvalue weighted by atomic mass is 32.1. The van der Waals surface area contributed by atoms with Crippen molar-refractivity contribution in [3.05, 3.63) is 21.9 Å². The smallest absolute Gasteiger partial charge is 0.186 e. The van der Waals surface area contributed by atoms with Crippen molar-refractivity contribution in [2.45, 2.75) is 13.3 Å². The van der Waals surface area contributed by atoms with Gasteiger partial charge in [0, 0.05) is 11.4 Å². The van der Waals surface area contributed by atoms with Crippen LogP contribution in [0.1, 0.15) is 21.5 Å². The minimum absolute atomic E-state index is 0.0917. The zero-order chi connectivity index (χ0) is 11.3. The Morgan fingerprint density at radius 2 is 2.27 bits per heavy atom. The third-order valence-corrected chi connectivity index (χ3v) is 3.45. The van der Waals surface area contributed by atoms with E-state index in [1.165, 1.54) is 4.88 Å². The number of ketones is 1. The van der Waals surface area contributed by atoms with Gasteiger partial charge in [0.2, 0.25) is 0 Å². The fourth-order valence-corrected chi connectivity index (χ4v) is 2.17. The van der Waals surface area contributed by atoms with Crippen molar-refractivity contribution >= 4 is 17.1 Å². The molecular formula is C11H17NO2S. The molecule has 0 saturated heterocycles. The molecular weight excluding hydrogens is 210 g/mol. The zero-order valence-corrected chi connectivity index (χ0v) is 10.0. The van der Waals surface area contributed by atoms with E-state index < -0.39 is 0 Å². The van der Waals surface area contributed by atoms with E-state index in [0.717, 1.165) is 11.3 Å². The van der Waals surface area contributed by atoms with Crippen LogP contribution in [0.5, 0.6) is 0 Å². The van der Waals surface area contributed by atoms with Gasteiger partial charge in [-0.15, -0.1) is 11.3 Å². The Labute approximate surface area is 94.3 Å². The van der Waals surface area contributed by atoms with Crippen LogP contribution in [0.3, 0.4) is 0 Å². The SMILES string of the molecule is CCc1ccc(C(=O)CN(C)CCO)s1. The van der Waals surface area contributed by atoms with E-state index in [0.29, 0.717) is 13.1 Å². The predicted octanol–water partition coefficient (Wildman–Crippen LogP) is 1.42. The number of aliphatic hydroxyl groups is 1. The average Bonchev–Trinajstić information content (AvgIpc) is 2.66. The first-order chi connectivity index (χ1) is 7.17. The predicted molar refractivity (Wildman–Crippen MR) is 62.6 cm³/mol. The highest BCUT2D eigenvalue weighted by molar-refractivity contribution is 7.14. The number of hydrogen-bond donors (Lipinski definition) is 1. The summed E-state index contributed by atoms with van der Waals surface area (Å²) in [5.41, 5.74) is 0. The number of thiophene rings is 1. The highest BCUT2D eigenvalue weighted by Crippen LogP contribution is 2.17. The highest BCUT2D eigenvalue weighted by Gasteiger charge is 2.11. The molecule has 0 aromatic carbocycles. The number of likely N-dealkylation sites (N-methyl/N-ethyl adjacent to an activating group) is 1. The number of carbonyl (C=O) groups is 1. The molecule has 0 bridgehead atoms. The fourth-order valence-electron chi connectivity index (χ4n) is 1.29. The molecule has 0 unspecified atom stereocenters. The molecule has 0 atom stereocenters. The molecule has 1 aromatic rings. The lowest BCUT2D eigenvalue weighted by atomic mass is 10.3. The van der Waals surface area contributed by atoms with Crippen molar-refractivity contribution in [2.75, 3.05) is 26.7 Å². The lowest BCUT2D eigenvalue weighted by Crippen LogP contribution is -2.28. The second kappa shape index (κ2) is 6.00. The number of rotatable bonds is 6. The molecule has 4 heteroatoms.